The maximum atomic E-state index is 12.8. The number of amides is 2. The average Bonchev–Trinajstić information content (AvgIpc) is 2.64. The average molecular weight is 394 g/mol. The third-order valence-electron chi connectivity index (χ3n) is 3.56. The first-order valence-electron chi connectivity index (χ1n) is 8.02. The van der Waals surface area contributed by atoms with Crippen molar-refractivity contribution in [2.24, 2.45) is 0 Å². The van der Waals surface area contributed by atoms with Gasteiger partial charge in [0, 0.05) is 6.42 Å². The number of para-hydroxylation sites is 1. The van der Waals surface area contributed by atoms with Crippen LogP contribution in [-0.2, 0) is 19.4 Å². The molecule has 0 spiro atoms. The first kappa shape index (κ1) is 20.4. The van der Waals surface area contributed by atoms with Crippen molar-refractivity contribution in [3.63, 3.8) is 0 Å². The quantitative estimate of drug-likeness (QED) is 0.548. The van der Waals surface area contributed by atoms with Crippen molar-refractivity contribution in [1.29, 1.82) is 0 Å². The molecule has 0 saturated heterocycles. The standard InChI is InChI=1S/C18H19FN2O5S/c1-13-4-2-3-5-16(13)26-12-18(23)21-20-17(22)10-11-27(24,25)15-8-6-14(19)7-9-15/h2-9H,10-12H2,1H3,(H,20,22)(H,21,23). The topological polar surface area (TPSA) is 102 Å². The third-order valence-corrected chi connectivity index (χ3v) is 5.30. The van der Waals surface area contributed by atoms with Gasteiger partial charge >= 0.3 is 0 Å². The summed E-state index contributed by atoms with van der Waals surface area (Å²) in [6, 6.07) is 11.5. The van der Waals surface area contributed by atoms with Gasteiger partial charge in [-0.1, -0.05) is 18.2 Å². The first-order valence-corrected chi connectivity index (χ1v) is 9.67. The van der Waals surface area contributed by atoms with E-state index in [4.69, 9.17) is 4.74 Å². The van der Waals surface area contributed by atoms with Crippen molar-refractivity contribution in [2.75, 3.05) is 12.4 Å². The van der Waals surface area contributed by atoms with Gasteiger partial charge in [0.1, 0.15) is 11.6 Å². The van der Waals surface area contributed by atoms with Gasteiger partial charge in [-0.3, -0.25) is 20.4 Å². The summed E-state index contributed by atoms with van der Waals surface area (Å²) in [5.41, 5.74) is 5.13. The molecule has 0 atom stereocenters. The van der Waals surface area contributed by atoms with Crippen LogP contribution in [0.1, 0.15) is 12.0 Å². The molecule has 2 aromatic rings. The normalized spacial score (nSPS) is 10.9. The fourth-order valence-electron chi connectivity index (χ4n) is 2.09. The van der Waals surface area contributed by atoms with Crippen molar-refractivity contribution in [3.8, 4) is 5.75 Å². The van der Waals surface area contributed by atoms with E-state index in [2.05, 4.69) is 10.9 Å². The Kier molecular flexibility index (Phi) is 6.89. The molecule has 2 aromatic carbocycles. The lowest BCUT2D eigenvalue weighted by atomic mass is 10.2. The number of hydrogen-bond acceptors (Lipinski definition) is 5. The van der Waals surface area contributed by atoms with Gasteiger partial charge < -0.3 is 4.74 Å². The Morgan fingerprint density at radius 3 is 2.30 bits per heavy atom. The molecule has 0 fully saturated rings. The van der Waals surface area contributed by atoms with Crippen LogP contribution >= 0.6 is 0 Å². The Balaban J connectivity index is 1.74. The molecule has 144 valence electrons. The molecule has 0 saturated carbocycles. The highest BCUT2D eigenvalue weighted by molar-refractivity contribution is 7.91. The van der Waals surface area contributed by atoms with Crippen molar-refractivity contribution < 1.29 is 27.1 Å². The number of ether oxygens (including phenoxy) is 1. The van der Waals surface area contributed by atoms with E-state index in [0.717, 1.165) is 29.8 Å². The highest BCUT2D eigenvalue weighted by Crippen LogP contribution is 2.15. The number of halogens is 1. The molecule has 2 N–H and O–H groups in total. The third kappa shape index (κ3) is 6.37. The predicted octanol–water partition coefficient (Wildman–Crippen LogP) is 1.52. The van der Waals surface area contributed by atoms with E-state index in [9.17, 15) is 22.4 Å². The zero-order valence-corrected chi connectivity index (χ0v) is 15.4. The van der Waals surface area contributed by atoms with Crippen LogP contribution in [0.4, 0.5) is 4.39 Å². The summed E-state index contributed by atoms with van der Waals surface area (Å²) >= 11 is 0. The zero-order valence-electron chi connectivity index (χ0n) is 14.6. The van der Waals surface area contributed by atoms with Crippen LogP contribution in [0.5, 0.6) is 5.75 Å². The Morgan fingerprint density at radius 2 is 1.63 bits per heavy atom. The molecule has 7 nitrogen and oxygen atoms in total. The molecule has 0 aliphatic carbocycles. The second kappa shape index (κ2) is 9.13. The summed E-state index contributed by atoms with van der Waals surface area (Å²) in [6.07, 6.45) is -0.362. The Bertz CT molecular complexity index is 914. The first-order chi connectivity index (χ1) is 12.8. The van der Waals surface area contributed by atoms with Crippen LogP contribution in [0.15, 0.2) is 53.4 Å². The number of rotatable bonds is 7. The number of hydrogen-bond donors (Lipinski definition) is 2. The SMILES string of the molecule is Cc1ccccc1OCC(=O)NNC(=O)CCS(=O)(=O)c1ccc(F)cc1. The molecule has 2 rings (SSSR count). The number of aryl methyl sites for hydroxylation is 1. The minimum absolute atomic E-state index is 0.0765. The van der Waals surface area contributed by atoms with Crippen molar-refractivity contribution >= 4 is 21.7 Å². The number of carbonyl (C=O) groups excluding carboxylic acids is 2. The van der Waals surface area contributed by atoms with Gasteiger partial charge in [0.05, 0.1) is 10.6 Å². The summed E-state index contributed by atoms with van der Waals surface area (Å²) in [5, 5.41) is 0. The Morgan fingerprint density at radius 1 is 1.00 bits per heavy atom. The van der Waals surface area contributed by atoms with Crippen molar-refractivity contribution in [2.45, 2.75) is 18.2 Å². The zero-order chi connectivity index (χ0) is 19.9. The lowest BCUT2D eigenvalue weighted by Gasteiger charge is -2.10. The molecule has 0 heterocycles. The largest absolute Gasteiger partial charge is 0.483 e. The number of benzene rings is 2. The fraction of sp³-hybridized carbons (Fsp3) is 0.222. The van der Waals surface area contributed by atoms with Crippen LogP contribution in [0.2, 0.25) is 0 Å². The number of carbonyl (C=O) groups is 2. The van der Waals surface area contributed by atoms with E-state index < -0.39 is 33.2 Å². The van der Waals surface area contributed by atoms with Gasteiger partial charge in [-0.15, -0.1) is 0 Å². The van der Waals surface area contributed by atoms with Gasteiger partial charge in [0.15, 0.2) is 16.4 Å². The van der Waals surface area contributed by atoms with Crippen LogP contribution < -0.4 is 15.6 Å². The molecule has 27 heavy (non-hydrogen) atoms. The predicted molar refractivity (Wildman–Crippen MR) is 96.0 cm³/mol. The molecule has 0 bridgehead atoms. The maximum Gasteiger partial charge on any atom is 0.276 e. The lowest BCUT2D eigenvalue weighted by Crippen LogP contribution is -2.44. The summed E-state index contributed by atoms with van der Waals surface area (Å²) in [5.74, 6) is -1.75. The van der Waals surface area contributed by atoms with Crippen LogP contribution in [-0.4, -0.2) is 32.6 Å². The fourth-order valence-corrected chi connectivity index (χ4v) is 3.33. The van der Waals surface area contributed by atoms with Crippen LogP contribution in [0.3, 0.4) is 0 Å². The smallest absolute Gasteiger partial charge is 0.276 e. The molecule has 0 aliphatic heterocycles. The van der Waals surface area contributed by atoms with Crippen molar-refractivity contribution in [3.05, 3.63) is 59.9 Å². The monoisotopic (exact) mass is 394 g/mol. The Labute approximate surface area is 156 Å². The maximum absolute atomic E-state index is 12.8. The second-order valence-electron chi connectivity index (χ2n) is 5.67. The van der Waals surface area contributed by atoms with Crippen LogP contribution in [0.25, 0.3) is 0 Å². The van der Waals surface area contributed by atoms with E-state index in [1.807, 2.05) is 19.1 Å². The van der Waals surface area contributed by atoms with Gasteiger partial charge in [0.2, 0.25) is 5.91 Å². The molecule has 0 radical (unpaired) electrons. The molecule has 0 aromatic heterocycles. The van der Waals surface area contributed by atoms with Gasteiger partial charge in [-0.05, 0) is 42.8 Å². The number of sulfone groups is 1. The van der Waals surface area contributed by atoms with Gasteiger partial charge in [-0.2, -0.15) is 0 Å². The molecule has 2 amide bonds. The summed E-state index contributed by atoms with van der Waals surface area (Å²) in [7, 11) is -3.73. The molecule has 0 aliphatic rings. The van der Waals surface area contributed by atoms with E-state index in [1.165, 1.54) is 0 Å². The molecular formula is C18H19FN2O5S. The minimum Gasteiger partial charge on any atom is -0.483 e. The summed E-state index contributed by atoms with van der Waals surface area (Å²) in [4.78, 5) is 23.3. The van der Waals surface area contributed by atoms with E-state index in [1.54, 1.807) is 12.1 Å². The number of hydrazine groups is 1. The second-order valence-corrected chi connectivity index (χ2v) is 7.78. The van der Waals surface area contributed by atoms with E-state index in [-0.39, 0.29) is 17.9 Å². The minimum atomic E-state index is -3.73. The lowest BCUT2D eigenvalue weighted by molar-refractivity contribution is -0.129. The Hall–Kier alpha value is -2.94. The molecule has 0 unspecified atom stereocenters. The highest BCUT2D eigenvalue weighted by atomic mass is 32.2. The van der Waals surface area contributed by atoms with Crippen molar-refractivity contribution in [1.82, 2.24) is 10.9 Å². The summed E-state index contributed by atoms with van der Waals surface area (Å²) < 4.78 is 42.3. The van der Waals surface area contributed by atoms with Crippen LogP contribution in [0, 0.1) is 12.7 Å². The van der Waals surface area contributed by atoms with E-state index >= 15 is 0 Å². The highest BCUT2D eigenvalue weighted by Gasteiger charge is 2.17. The summed E-state index contributed by atoms with van der Waals surface area (Å²) in [6.45, 7) is 1.52. The van der Waals surface area contributed by atoms with Gasteiger partial charge in [0.25, 0.3) is 5.91 Å². The molecular weight excluding hydrogens is 375 g/mol. The van der Waals surface area contributed by atoms with E-state index in [0.29, 0.717) is 5.75 Å². The molecule has 9 heteroatoms. The van der Waals surface area contributed by atoms with Gasteiger partial charge in [-0.25, -0.2) is 12.8 Å². The number of nitrogens with one attached hydrogen (secondary N) is 2.